The van der Waals surface area contributed by atoms with Crippen molar-refractivity contribution >= 4 is 34.9 Å². The highest BCUT2D eigenvalue weighted by Crippen LogP contribution is 2.36. The van der Waals surface area contributed by atoms with Gasteiger partial charge in [0.1, 0.15) is 5.69 Å². The molecule has 2 rings (SSSR count). The van der Waals surface area contributed by atoms with Gasteiger partial charge >= 0.3 is 12.2 Å². The molecule has 10 heteroatoms. The number of halogens is 1. The van der Waals surface area contributed by atoms with Crippen LogP contribution in [0.25, 0.3) is 10.4 Å². The fraction of sp³-hybridized carbons (Fsp3) is 0.250. The fourth-order valence-corrected chi connectivity index (χ4v) is 2.86. The summed E-state index contributed by atoms with van der Waals surface area (Å²) in [5, 5.41) is 20.2. The minimum Gasteiger partial charge on any atom is -0.464 e. The number of hydrogen-bond acceptors (Lipinski definition) is 6. The Kier molecular flexibility index (Phi) is 6.23. The summed E-state index contributed by atoms with van der Waals surface area (Å²) in [4.78, 5) is 34.7. The van der Waals surface area contributed by atoms with E-state index in [0.717, 1.165) is 29.9 Å². The van der Waals surface area contributed by atoms with Crippen LogP contribution in [-0.4, -0.2) is 28.8 Å². The van der Waals surface area contributed by atoms with Crippen molar-refractivity contribution in [1.82, 2.24) is 0 Å². The number of nitro benzene ring substituents is 1. The Morgan fingerprint density at radius 2 is 2.08 bits per heavy atom. The number of thiophene rings is 1. The van der Waals surface area contributed by atoms with Crippen molar-refractivity contribution in [2.75, 3.05) is 11.5 Å². The molecule has 2 aromatic rings. The van der Waals surface area contributed by atoms with Crippen LogP contribution in [0, 0.1) is 15.2 Å². The van der Waals surface area contributed by atoms with E-state index in [0.29, 0.717) is 16.9 Å². The largest absolute Gasteiger partial charge is 0.464 e. The van der Waals surface area contributed by atoms with Crippen molar-refractivity contribution in [3.8, 4) is 10.4 Å². The van der Waals surface area contributed by atoms with Crippen LogP contribution in [0.5, 0.6) is 0 Å². The quantitative estimate of drug-likeness (QED) is 0.433. The molecule has 0 unspecified atom stereocenters. The van der Waals surface area contributed by atoms with Crippen molar-refractivity contribution in [2.24, 2.45) is 0 Å². The van der Waals surface area contributed by atoms with Gasteiger partial charge in [0.25, 0.3) is 5.69 Å². The summed E-state index contributed by atoms with van der Waals surface area (Å²) in [6.45, 7) is 1.86. The zero-order valence-electron chi connectivity index (χ0n) is 13.7. The average Bonchev–Trinajstić information content (AvgIpc) is 3.01. The molecule has 8 nitrogen and oxygen atoms in total. The van der Waals surface area contributed by atoms with Crippen LogP contribution < -0.4 is 4.90 Å². The Morgan fingerprint density at radius 3 is 2.62 bits per heavy atom. The van der Waals surface area contributed by atoms with Gasteiger partial charge in [-0.15, -0.1) is 11.3 Å². The second-order valence-electron chi connectivity index (χ2n) is 5.15. The predicted octanol–water partition coefficient (Wildman–Crippen LogP) is 4.88. The number of unbranched alkanes of at least 4 members (excludes halogenated alkanes) is 1. The molecule has 26 heavy (non-hydrogen) atoms. The zero-order chi connectivity index (χ0) is 19.3. The number of imide groups is 1. The van der Waals surface area contributed by atoms with Gasteiger partial charge in [0.2, 0.25) is 0 Å². The molecule has 0 fully saturated rings. The molecular weight excluding hydrogens is 367 g/mol. The summed E-state index contributed by atoms with van der Waals surface area (Å²) in [6.07, 6.45) is -1.66. The van der Waals surface area contributed by atoms with Gasteiger partial charge in [-0.05, 0) is 30.2 Å². The summed E-state index contributed by atoms with van der Waals surface area (Å²) >= 11 is 0.791. The van der Waals surface area contributed by atoms with Crippen molar-refractivity contribution in [3.63, 3.8) is 0 Å². The Balaban J connectivity index is 2.43. The Hall–Kier alpha value is -3.01. The molecule has 0 aliphatic heterocycles. The molecule has 0 aliphatic carbocycles. The van der Waals surface area contributed by atoms with Crippen molar-refractivity contribution in [2.45, 2.75) is 19.8 Å². The van der Waals surface area contributed by atoms with E-state index < -0.39 is 33.6 Å². The van der Waals surface area contributed by atoms with Crippen molar-refractivity contribution < 1.29 is 28.7 Å². The first-order valence-electron chi connectivity index (χ1n) is 7.59. The van der Waals surface area contributed by atoms with Crippen LogP contribution in [0.1, 0.15) is 19.8 Å². The molecule has 0 aliphatic rings. The Labute approximate surface area is 151 Å². The van der Waals surface area contributed by atoms with E-state index in [2.05, 4.69) is 0 Å². The second kappa shape index (κ2) is 8.39. The molecule has 0 spiro atoms. The van der Waals surface area contributed by atoms with E-state index in [9.17, 15) is 29.2 Å². The number of carbonyl (C=O) groups excluding carboxylic acids is 1. The number of benzene rings is 1. The van der Waals surface area contributed by atoms with Crippen molar-refractivity contribution in [3.05, 3.63) is 45.6 Å². The van der Waals surface area contributed by atoms with Crippen LogP contribution >= 0.6 is 11.3 Å². The molecular formula is C16H15FN2O6S. The third kappa shape index (κ3) is 4.33. The lowest BCUT2D eigenvalue weighted by molar-refractivity contribution is -0.384. The number of carbonyl (C=O) groups is 2. The van der Waals surface area contributed by atoms with E-state index >= 15 is 0 Å². The number of nitrogens with zero attached hydrogens (tertiary/aromatic N) is 2. The zero-order valence-corrected chi connectivity index (χ0v) is 14.5. The highest BCUT2D eigenvalue weighted by atomic mass is 32.1. The maximum Gasteiger partial charge on any atom is 0.424 e. The Bertz CT molecular complexity index is 838. The second-order valence-corrected chi connectivity index (χ2v) is 6.18. The minimum absolute atomic E-state index is 0.000529. The first kappa shape index (κ1) is 19.3. The van der Waals surface area contributed by atoms with Gasteiger partial charge in [0, 0.05) is 10.9 Å². The average molecular weight is 382 g/mol. The number of nitro groups is 1. The van der Waals surface area contributed by atoms with Crippen LogP contribution in [-0.2, 0) is 4.74 Å². The molecule has 1 N–H and O–H groups in total. The first-order chi connectivity index (χ1) is 12.3. The van der Waals surface area contributed by atoms with Crippen LogP contribution in [0.3, 0.4) is 0 Å². The molecule has 2 amide bonds. The van der Waals surface area contributed by atoms with E-state index in [1.807, 2.05) is 6.92 Å². The number of rotatable bonds is 6. The molecule has 0 atom stereocenters. The summed E-state index contributed by atoms with van der Waals surface area (Å²) in [6, 6.07) is 6.26. The lowest BCUT2D eigenvalue weighted by atomic mass is 10.1. The van der Waals surface area contributed by atoms with Crippen LogP contribution in [0.4, 0.5) is 25.4 Å². The SMILES string of the molecule is CCCCOC(=O)N(C(=O)O)c1ccc(-c2ccc(F)s2)cc1[N+](=O)[O-]. The van der Waals surface area contributed by atoms with E-state index in [4.69, 9.17) is 4.74 Å². The van der Waals surface area contributed by atoms with E-state index in [1.54, 1.807) is 0 Å². The van der Waals surface area contributed by atoms with E-state index in [-0.39, 0.29) is 11.5 Å². The normalized spacial score (nSPS) is 10.4. The highest BCUT2D eigenvalue weighted by molar-refractivity contribution is 7.13. The molecule has 0 saturated heterocycles. The molecule has 1 aromatic heterocycles. The third-order valence-corrected chi connectivity index (χ3v) is 4.29. The first-order valence-corrected chi connectivity index (χ1v) is 8.40. The molecule has 138 valence electrons. The topological polar surface area (TPSA) is 110 Å². The lowest BCUT2D eigenvalue weighted by Crippen LogP contribution is -2.36. The van der Waals surface area contributed by atoms with Crippen LogP contribution in [0.2, 0.25) is 0 Å². The molecule has 0 bridgehead atoms. The van der Waals surface area contributed by atoms with Gasteiger partial charge in [-0.1, -0.05) is 19.4 Å². The monoisotopic (exact) mass is 382 g/mol. The number of hydrogen-bond donors (Lipinski definition) is 1. The summed E-state index contributed by atoms with van der Waals surface area (Å²) < 4.78 is 18.0. The fourth-order valence-electron chi connectivity index (χ4n) is 2.13. The Morgan fingerprint density at radius 1 is 1.35 bits per heavy atom. The van der Waals surface area contributed by atoms with E-state index in [1.165, 1.54) is 18.2 Å². The molecule has 1 heterocycles. The number of anilines is 1. The maximum atomic E-state index is 13.2. The molecule has 1 aromatic carbocycles. The number of ether oxygens (including phenoxy) is 1. The van der Waals surface area contributed by atoms with Gasteiger partial charge in [-0.3, -0.25) is 10.1 Å². The van der Waals surface area contributed by atoms with Gasteiger partial charge in [-0.25, -0.2) is 9.59 Å². The standard InChI is InChI=1S/C16H15FN2O6S/c1-2-3-8-25-16(22)18(15(20)21)11-5-4-10(9-12(11)19(23)24)13-6-7-14(17)26-13/h4-7,9H,2-3,8H2,1H3,(H,20,21). The summed E-state index contributed by atoms with van der Waals surface area (Å²) in [5.74, 6) is 0. The van der Waals surface area contributed by atoms with Gasteiger partial charge in [0.05, 0.1) is 11.5 Å². The van der Waals surface area contributed by atoms with Gasteiger partial charge in [-0.2, -0.15) is 9.29 Å². The highest BCUT2D eigenvalue weighted by Gasteiger charge is 2.31. The summed E-state index contributed by atoms with van der Waals surface area (Å²) in [5.41, 5.74) is -0.713. The smallest absolute Gasteiger partial charge is 0.424 e. The van der Waals surface area contributed by atoms with Gasteiger partial charge in [0.15, 0.2) is 5.13 Å². The number of amides is 2. The molecule has 0 radical (unpaired) electrons. The molecule has 0 saturated carbocycles. The van der Waals surface area contributed by atoms with Crippen LogP contribution in [0.15, 0.2) is 30.3 Å². The maximum absolute atomic E-state index is 13.2. The van der Waals surface area contributed by atoms with Crippen molar-refractivity contribution in [1.29, 1.82) is 0 Å². The van der Waals surface area contributed by atoms with Gasteiger partial charge < -0.3 is 9.84 Å². The minimum atomic E-state index is -1.70. The number of carboxylic acid groups (broad SMARTS) is 1. The third-order valence-electron chi connectivity index (χ3n) is 3.37. The summed E-state index contributed by atoms with van der Waals surface area (Å²) in [7, 11) is 0. The lowest BCUT2D eigenvalue weighted by Gasteiger charge is -2.17. The predicted molar refractivity (Wildman–Crippen MR) is 93.1 cm³/mol.